The van der Waals surface area contributed by atoms with Crippen molar-refractivity contribution in [3.05, 3.63) is 111 Å². The number of nitrogens with zero attached hydrogens (tertiary/aromatic N) is 3. The van der Waals surface area contributed by atoms with Gasteiger partial charge < -0.3 is 19.8 Å². The van der Waals surface area contributed by atoms with Crippen LogP contribution in [0.4, 0.5) is 20.3 Å². The van der Waals surface area contributed by atoms with Gasteiger partial charge in [-0.15, -0.1) is 0 Å². The number of pyridine rings is 2. The number of halogens is 3. The van der Waals surface area contributed by atoms with Crippen LogP contribution in [0, 0.1) is 24.5 Å². The lowest BCUT2D eigenvalue weighted by Crippen LogP contribution is -2.29. The average Bonchev–Trinajstić information content (AvgIpc) is 3.72. The van der Waals surface area contributed by atoms with Crippen molar-refractivity contribution in [3.63, 3.8) is 0 Å². The summed E-state index contributed by atoms with van der Waals surface area (Å²) in [5.41, 5.74) is 0.789. The summed E-state index contributed by atoms with van der Waals surface area (Å²) in [7, 11) is 0. The van der Waals surface area contributed by atoms with Crippen molar-refractivity contribution in [1.82, 2.24) is 14.0 Å². The molecule has 0 radical (unpaired) electrons. The second-order valence-electron chi connectivity index (χ2n) is 9.85. The fourth-order valence-electron chi connectivity index (χ4n) is 4.42. The summed E-state index contributed by atoms with van der Waals surface area (Å²) in [6, 6.07) is 14.0. The highest BCUT2D eigenvalue weighted by atomic mass is 79.9. The molecule has 0 saturated heterocycles. The average molecular weight is 634 g/mol. The SMILES string of the molecule is Cc1ccc(C(=O)Nc2ccc(Oc3ccc4nc(NC(=O)C5CC5)cn4c3)c(F)c2)c(=O)n1-c1ccc(F)cc1Br. The van der Waals surface area contributed by atoms with Crippen LogP contribution in [0.3, 0.4) is 0 Å². The number of hydrogen-bond donors (Lipinski definition) is 2. The van der Waals surface area contributed by atoms with Crippen LogP contribution in [-0.4, -0.2) is 25.8 Å². The summed E-state index contributed by atoms with van der Waals surface area (Å²) in [6.07, 6.45) is 5.01. The number of imidazole rings is 1. The van der Waals surface area contributed by atoms with Crippen molar-refractivity contribution in [2.24, 2.45) is 5.92 Å². The van der Waals surface area contributed by atoms with Crippen molar-refractivity contribution >= 4 is 44.9 Å². The lowest BCUT2D eigenvalue weighted by molar-refractivity contribution is -0.117. The zero-order chi connectivity index (χ0) is 29.5. The van der Waals surface area contributed by atoms with Gasteiger partial charge in [0.05, 0.1) is 18.1 Å². The molecule has 2 N–H and O–H groups in total. The van der Waals surface area contributed by atoms with E-state index in [4.69, 9.17) is 4.74 Å². The number of carbonyl (C=O) groups excluding carboxylic acids is 2. The van der Waals surface area contributed by atoms with Crippen LogP contribution in [0.2, 0.25) is 0 Å². The molecule has 0 spiro atoms. The number of aryl methyl sites for hydroxylation is 1. The zero-order valence-electron chi connectivity index (χ0n) is 22.0. The number of fused-ring (bicyclic) bond motifs is 1. The van der Waals surface area contributed by atoms with Gasteiger partial charge in [0.25, 0.3) is 11.5 Å². The van der Waals surface area contributed by atoms with Crippen LogP contribution in [0.25, 0.3) is 11.3 Å². The fourth-order valence-corrected chi connectivity index (χ4v) is 4.95. The van der Waals surface area contributed by atoms with Gasteiger partial charge in [-0.3, -0.25) is 19.0 Å². The summed E-state index contributed by atoms with van der Waals surface area (Å²) < 4.78 is 37.6. The Labute approximate surface area is 245 Å². The molecule has 0 aliphatic heterocycles. The molecule has 0 bridgehead atoms. The Morgan fingerprint density at radius 3 is 2.55 bits per heavy atom. The molecule has 42 heavy (non-hydrogen) atoms. The molecule has 1 aliphatic rings. The zero-order valence-corrected chi connectivity index (χ0v) is 23.6. The third-order valence-electron chi connectivity index (χ3n) is 6.71. The highest BCUT2D eigenvalue weighted by Gasteiger charge is 2.30. The van der Waals surface area contributed by atoms with Crippen LogP contribution in [0.5, 0.6) is 11.5 Å². The van der Waals surface area contributed by atoms with E-state index in [0.29, 0.717) is 33.1 Å². The third kappa shape index (κ3) is 5.53. The van der Waals surface area contributed by atoms with E-state index >= 15 is 0 Å². The van der Waals surface area contributed by atoms with E-state index in [9.17, 15) is 23.2 Å². The van der Waals surface area contributed by atoms with Gasteiger partial charge in [0, 0.05) is 27.8 Å². The molecule has 1 fully saturated rings. The molecule has 5 aromatic rings. The first kappa shape index (κ1) is 27.3. The maximum Gasteiger partial charge on any atom is 0.268 e. The van der Waals surface area contributed by atoms with E-state index in [2.05, 4.69) is 31.5 Å². The Kier molecular flexibility index (Phi) is 7.07. The van der Waals surface area contributed by atoms with Crippen molar-refractivity contribution in [3.8, 4) is 17.2 Å². The number of ether oxygens (including phenoxy) is 1. The van der Waals surface area contributed by atoms with Gasteiger partial charge in [0.2, 0.25) is 5.91 Å². The molecule has 3 heterocycles. The van der Waals surface area contributed by atoms with E-state index in [-0.39, 0.29) is 28.8 Å². The maximum absolute atomic E-state index is 15.0. The molecular weight excluding hydrogens is 612 g/mol. The second-order valence-corrected chi connectivity index (χ2v) is 10.7. The normalized spacial score (nSPS) is 12.8. The molecule has 1 aliphatic carbocycles. The molecule has 2 amide bonds. The van der Waals surface area contributed by atoms with Crippen LogP contribution in [0.1, 0.15) is 28.9 Å². The molecule has 212 valence electrons. The number of nitrogens with one attached hydrogen (secondary N) is 2. The summed E-state index contributed by atoms with van der Waals surface area (Å²) in [5.74, 6) is -1.33. The van der Waals surface area contributed by atoms with E-state index in [1.54, 1.807) is 41.9 Å². The minimum atomic E-state index is -0.743. The topological polar surface area (TPSA) is 107 Å². The summed E-state index contributed by atoms with van der Waals surface area (Å²) in [6.45, 7) is 1.68. The number of anilines is 2. The Hall–Kier alpha value is -4.84. The minimum absolute atomic E-state index is 0.0453. The Bertz CT molecular complexity index is 1950. The predicted molar refractivity (Wildman–Crippen MR) is 155 cm³/mol. The van der Waals surface area contributed by atoms with Crippen LogP contribution >= 0.6 is 15.9 Å². The van der Waals surface area contributed by atoms with Gasteiger partial charge in [-0.2, -0.15) is 0 Å². The van der Waals surface area contributed by atoms with Crippen molar-refractivity contribution < 1.29 is 23.1 Å². The summed E-state index contributed by atoms with van der Waals surface area (Å²) in [5, 5.41) is 5.33. The first-order valence-electron chi connectivity index (χ1n) is 12.9. The van der Waals surface area contributed by atoms with Crippen LogP contribution < -0.4 is 20.9 Å². The monoisotopic (exact) mass is 633 g/mol. The van der Waals surface area contributed by atoms with Gasteiger partial charge in [0.15, 0.2) is 17.4 Å². The number of benzene rings is 2. The summed E-state index contributed by atoms with van der Waals surface area (Å²) >= 11 is 3.26. The molecular formula is C30H22BrF2N5O4. The van der Waals surface area contributed by atoms with Gasteiger partial charge in [0.1, 0.15) is 22.8 Å². The third-order valence-corrected chi connectivity index (χ3v) is 7.35. The van der Waals surface area contributed by atoms with E-state index < -0.39 is 23.1 Å². The number of carbonyl (C=O) groups is 2. The molecule has 2 aromatic carbocycles. The number of aromatic nitrogens is 3. The summed E-state index contributed by atoms with van der Waals surface area (Å²) in [4.78, 5) is 42.6. The van der Waals surface area contributed by atoms with Crippen molar-refractivity contribution in [2.75, 3.05) is 10.6 Å². The highest BCUT2D eigenvalue weighted by molar-refractivity contribution is 9.10. The van der Waals surface area contributed by atoms with E-state index in [1.807, 2.05) is 0 Å². The van der Waals surface area contributed by atoms with Gasteiger partial charge in [-0.1, -0.05) is 0 Å². The molecule has 1 saturated carbocycles. The molecule has 3 aromatic heterocycles. The minimum Gasteiger partial charge on any atom is -0.453 e. The number of hydrogen-bond acceptors (Lipinski definition) is 5. The Morgan fingerprint density at radius 1 is 1.00 bits per heavy atom. The molecule has 9 nitrogen and oxygen atoms in total. The van der Waals surface area contributed by atoms with Crippen molar-refractivity contribution in [2.45, 2.75) is 19.8 Å². The van der Waals surface area contributed by atoms with Crippen molar-refractivity contribution in [1.29, 1.82) is 0 Å². The standard InChI is InChI=1S/C30H22BrF2N5O4/c1-16-2-8-21(30(41)38(16)24-9-5-18(32)12-22(24)31)29(40)34-19-6-10-25(23(33)13-19)42-20-7-11-27-35-26(15-37(27)14-20)36-28(39)17-3-4-17/h2,5-15,17H,3-4H2,1H3,(H,34,40)(H,36,39). The second kappa shape index (κ2) is 10.9. The molecule has 6 rings (SSSR count). The quantitative estimate of drug-likeness (QED) is 0.221. The lowest BCUT2D eigenvalue weighted by atomic mass is 10.2. The highest BCUT2D eigenvalue weighted by Crippen LogP contribution is 2.31. The van der Waals surface area contributed by atoms with Crippen LogP contribution in [0.15, 0.2) is 82.3 Å². The lowest BCUT2D eigenvalue weighted by Gasteiger charge is -2.14. The van der Waals surface area contributed by atoms with Gasteiger partial charge >= 0.3 is 0 Å². The van der Waals surface area contributed by atoms with Crippen LogP contribution in [-0.2, 0) is 4.79 Å². The first-order chi connectivity index (χ1) is 20.2. The first-order valence-corrected chi connectivity index (χ1v) is 13.7. The Balaban J connectivity index is 1.18. The van der Waals surface area contributed by atoms with E-state index in [0.717, 1.165) is 18.9 Å². The Morgan fingerprint density at radius 2 is 1.81 bits per heavy atom. The largest absolute Gasteiger partial charge is 0.453 e. The molecule has 0 unspecified atom stereocenters. The van der Waals surface area contributed by atoms with E-state index in [1.165, 1.54) is 41.0 Å². The van der Waals surface area contributed by atoms with Gasteiger partial charge in [-0.25, -0.2) is 13.8 Å². The molecule has 12 heteroatoms. The smallest absolute Gasteiger partial charge is 0.268 e. The fraction of sp³-hybridized carbons (Fsp3) is 0.133. The number of rotatable bonds is 7. The maximum atomic E-state index is 15.0. The molecule has 0 atom stereocenters. The van der Waals surface area contributed by atoms with Gasteiger partial charge in [-0.05, 0) is 90.3 Å². The predicted octanol–water partition coefficient (Wildman–Crippen LogP) is 6.23. The number of amides is 2.